The molecule has 1 aliphatic heterocycles. The molecule has 0 aromatic carbocycles. The van der Waals surface area contributed by atoms with E-state index in [1.165, 1.54) is 6.42 Å². The number of H-pyrrole nitrogens is 1. The van der Waals surface area contributed by atoms with Gasteiger partial charge in [0.2, 0.25) is 0 Å². The Morgan fingerprint density at radius 1 is 1.42 bits per heavy atom. The molecule has 2 heterocycles. The van der Waals surface area contributed by atoms with Gasteiger partial charge < -0.3 is 9.72 Å². The van der Waals surface area contributed by atoms with Gasteiger partial charge in [0.15, 0.2) is 5.15 Å². The van der Waals surface area contributed by atoms with Crippen molar-refractivity contribution in [3.05, 3.63) is 16.7 Å². The molecule has 1 saturated heterocycles. The first-order valence-corrected chi connectivity index (χ1v) is 7.59. The van der Waals surface area contributed by atoms with E-state index in [-0.39, 0.29) is 0 Å². The molecule has 0 saturated carbocycles. The number of halogens is 1. The van der Waals surface area contributed by atoms with Gasteiger partial charge in [0.25, 0.3) is 0 Å². The SMILES string of the molecule is CCCCc1nc(Cl)c(CN(C)C2CCOCC2)[nH]1. The van der Waals surface area contributed by atoms with Crippen molar-refractivity contribution in [2.24, 2.45) is 0 Å². The van der Waals surface area contributed by atoms with Crippen LogP contribution in [0.5, 0.6) is 0 Å². The highest BCUT2D eigenvalue weighted by Gasteiger charge is 2.20. The van der Waals surface area contributed by atoms with Crippen LogP contribution in [-0.4, -0.2) is 41.2 Å². The Bertz CT molecular complexity index is 388. The largest absolute Gasteiger partial charge is 0.381 e. The Kier molecular flexibility index (Phi) is 5.67. The van der Waals surface area contributed by atoms with Crippen LogP contribution in [0.4, 0.5) is 0 Å². The molecular formula is C14H24ClN3O. The van der Waals surface area contributed by atoms with Gasteiger partial charge >= 0.3 is 0 Å². The lowest BCUT2D eigenvalue weighted by Crippen LogP contribution is -2.36. The Labute approximate surface area is 120 Å². The maximum absolute atomic E-state index is 6.21. The third kappa shape index (κ3) is 4.20. The second-order valence-electron chi connectivity index (χ2n) is 5.32. The van der Waals surface area contributed by atoms with Gasteiger partial charge in [-0.1, -0.05) is 24.9 Å². The number of hydrogen-bond donors (Lipinski definition) is 1. The Hall–Kier alpha value is -0.580. The molecule has 1 aliphatic rings. The van der Waals surface area contributed by atoms with E-state index in [1.54, 1.807) is 0 Å². The van der Waals surface area contributed by atoms with Crippen LogP contribution < -0.4 is 0 Å². The number of aromatic amines is 1. The van der Waals surface area contributed by atoms with Crippen LogP contribution in [0, 0.1) is 0 Å². The van der Waals surface area contributed by atoms with Crippen molar-refractivity contribution in [1.29, 1.82) is 0 Å². The topological polar surface area (TPSA) is 41.2 Å². The smallest absolute Gasteiger partial charge is 0.151 e. The standard InChI is InChI=1S/C14H24ClN3O/c1-3-4-5-13-16-12(14(15)17-13)10-18(2)11-6-8-19-9-7-11/h11H,3-10H2,1-2H3,(H,16,17). The predicted molar refractivity (Wildman–Crippen MR) is 77.5 cm³/mol. The second kappa shape index (κ2) is 7.27. The third-order valence-corrected chi connectivity index (χ3v) is 4.08. The van der Waals surface area contributed by atoms with Crippen molar-refractivity contribution in [2.45, 2.75) is 51.6 Å². The third-order valence-electron chi connectivity index (χ3n) is 3.77. The van der Waals surface area contributed by atoms with Gasteiger partial charge in [0.05, 0.1) is 5.69 Å². The molecule has 1 fully saturated rings. The minimum absolute atomic E-state index is 0.590. The lowest BCUT2D eigenvalue weighted by molar-refractivity contribution is 0.0403. The van der Waals surface area contributed by atoms with Crippen LogP contribution in [0.25, 0.3) is 0 Å². The van der Waals surface area contributed by atoms with Crippen LogP contribution in [0.3, 0.4) is 0 Å². The number of nitrogens with one attached hydrogen (secondary N) is 1. The van der Waals surface area contributed by atoms with Crippen LogP contribution in [0.2, 0.25) is 5.15 Å². The minimum atomic E-state index is 0.590. The normalized spacial score (nSPS) is 17.3. The van der Waals surface area contributed by atoms with Gasteiger partial charge in [-0.05, 0) is 26.3 Å². The summed E-state index contributed by atoms with van der Waals surface area (Å²) in [6, 6.07) is 0.590. The number of imidazole rings is 1. The molecule has 0 unspecified atom stereocenters. The molecule has 0 amide bonds. The van der Waals surface area contributed by atoms with Crippen molar-refractivity contribution in [3.63, 3.8) is 0 Å². The lowest BCUT2D eigenvalue weighted by atomic mass is 10.1. The fraction of sp³-hybridized carbons (Fsp3) is 0.786. The van der Waals surface area contributed by atoms with Crippen LogP contribution in [0.15, 0.2) is 0 Å². The van der Waals surface area contributed by atoms with Crippen LogP contribution in [-0.2, 0) is 17.7 Å². The summed E-state index contributed by atoms with van der Waals surface area (Å²) in [5.41, 5.74) is 1.04. The van der Waals surface area contributed by atoms with Gasteiger partial charge in [-0.25, -0.2) is 4.98 Å². The van der Waals surface area contributed by atoms with E-state index in [1.807, 2.05) is 0 Å². The van der Waals surface area contributed by atoms with Crippen molar-refractivity contribution < 1.29 is 4.74 Å². The molecule has 0 radical (unpaired) electrons. The molecule has 2 rings (SSSR count). The molecule has 19 heavy (non-hydrogen) atoms. The number of hydrogen-bond acceptors (Lipinski definition) is 3. The molecule has 0 spiro atoms. The zero-order chi connectivity index (χ0) is 13.7. The quantitative estimate of drug-likeness (QED) is 0.873. The number of nitrogens with zero attached hydrogens (tertiary/aromatic N) is 2. The summed E-state index contributed by atoms with van der Waals surface area (Å²) in [7, 11) is 2.15. The first kappa shape index (κ1) is 14.8. The van der Waals surface area contributed by atoms with Crippen LogP contribution >= 0.6 is 11.6 Å². The summed E-state index contributed by atoms with van der Waals surface area (Å²) in [4.78, 5) is 10.1. The van der Waals surface area contributed by atoms with Gasteiger partial charge in [-0.15, -0.1) is 0 Å². The van der Waals surface area contributed by atoms with E-state index in [0.717, 1.165) is 57.0 Å². The van der Waals surface area contributed by atoms with Gasteiger partial charge in [-0.3, -0.25) is 4.90 Å². The van der Waals surface area contributed by atoms with E-state index in [9.17, 15) is 0 Å². The molecule has 1 N–H and O–H groups in total. The summed E-state index contributed by atoms with van der Waals surface area (Å²) >= 11 is 6.21. The van der Waals surface area contributed by atoms with Crippen molar-refractivity contribution >= 4 is 11.6 Å². The monoisotopic (exact) mass is 285 g/mol. The number of aromatic nitrogens is 2. The zero-order valence-electron chi connectivity index (χ0n) is 11.9. The van der Waals surface area contributed by atoms with Crippen molar-refractivity contribution in [1.82, 2.24) is 14.9 Å². The molecular weight excluding hydrogens is 262 g/mol. The van der Waals surface area contributed by atoms with Crippen molar-refractivity contribution in [3.8, 4) is 0 Å². The van der Waals surface area contributed by atoms with Crippen molar-refractivity contribution in [2.75, 3.05) is 20.3 Å². The highest BCUT2D eigenvalue weighted by molar-refractivity contribution is 6.30. The zero-order valence-corrected chi connectivity index (χ0v) is 12.7. The summed E-state index contributed by atoms with van der Waals surface area (Å²) in [6.45, 7) is 4.76. The molecule has 4 nitrogen and oxygen atoms in total. The van der Waals surface area contributed by atoms with E-state index in [0.29, 0.717) is 11.2 Å². The fourth-order valence-corrected chi connectivity index (χ4v) is 2.72. The first-order valence-electron chi connectivity index (χ1n) is 7.22. The van der Waals surface area contributed by atoms with E-state index in [2.05, 4.69) is 28.8 Å². The number of unbranched alkanes of at least 4 members (excludes halogenated alkanes) is 1. The molecule has 108 valence electrons. The van der Waals surface area contributed by atoms with E-state index < -0.39 is 0 Å². The molecule has 0 atom stereocenters. The highest BCUT2D eigenvalue weighted by Crippen LogP contribution is 2.19. The minimum Gasteiger partial charge on any atom is -0.381 e. The fourth-order valence-electron chi connectivity index (χ4n) is 2.51. The summed E-state index contributed by atoms with van der Waals surface area (Å²) in [5, 5.41) is 0.630. The van der Waals surface area contributed by atoms with Gasteiger partial charge in [0, 0.05) is 32.2 Å². The maximum Gasteiger partial charge on any atom is 0.151 e. The highest BCUT2D eigenvalue weighted by atomic mass is 35.5. The first-order chi connectivity index (χ1) is 9.20. The molecule has 1 aromatic rings. The number of ether oxygens (including phenoxy) is 1. The molecule has 1 aromatic heterocycles. The summed E-state index contributed by atoms with van der Waals surface area (Å²) in [6.07, 6.45) is 5.52. The lowest BCUT2D eigenvalue weighted by Gasteiger charge is -2.30. The Balaban J connectivity index is 1.91. The Morgan fingerprint density at radius 2 is 2.16 bits per heavy atom. The average Bonchev–Trinajstić information content (AvgIpc) is 2.78. The number of aryl methyl sites for hydroxylation is 1. The number of rotatable bonds is 6. The van der Waals surface area contributed by atoms with Crippen LogP contribution in [0.1, 0.15) is 44.1 Å². The summed E-state index contributed by atoms with van der Waals surface area (Å²) < 4.78 is 5.40. The average molecular weight is 286 g/mol. The Morgan fingerprint density at radius 3 is 2.84 bits per heavy atom. The molecule has 0 aliphatic carbocycles. The summed E-state index contributed by atoms with van der Waals surface area (Å²) in [5.74, 6) is 1.02. The van der Waals surface area contributed by atoms with E-state index >= 15 is 0 Å². The van der Waals surface area contributed by atoms with E-state index in [4.69, 9.17) is 16.3 Å². The predicted octanol–water partition coefficient (Wildman–Crippen LogP) is 3.02. The molecule has 5 heteroatoms. The van der Waals surface area contributed by atoms with Gasteiger partial charge in [-0.2, -0.15) is 0 Å². The second-order valence-corrected chi connectivity index (χ2v) is 5.67. The van der Waals surface area contributed by atoms with Gasteiger partial charge in [0.1, 0.15) is 5.82 Å². The molecule has 0 bridgehead atoms. The maximum atomic E-state index is 6.21.